The maximum Gasteiger partial charge on any atom is 0.0755 e. The van der Waals surface area contributed by atoms with Crippen LogP contribution in [0.25, 0.3) is 0 Å². The molecular formula is C16H26N2O. The van der Waals surface area contributed by atoms with Crippen molar-refractivity contribution in [2.45, 2.75) is 45.3 Å². The molecule has 0 amide bonds. The quantitative estimate of drug-likeness (QED) is 0.899. The Morgan fingerprint density at radius 3 is 2.68 bits per heavy atom. The van der Waals surface area contributed by atoms with Crippen molar-refractivity contribution in [2.24, 2.45) is 0 Å². The standard InChI is InChI=1S/C16H26N2O/c1-12-6-7-13(10-15(12)18(4)5)17-11-14-8-9-16(2,3)19-14/h6-7,10,14,17H,8-9,11H2,1-5H3. The summed E-state index contributed by atoms with van der Waals surface area (Å²) in [4.78, 5) is 2.15. The number of aryl methyl sites for hydroxylation is 1. The van der Waals surface area contributed by atoms with E-state index in [-0.39, 0.29) is 5.60 Å². The van der Waals surface area contributed by atoms with Crippen LogP contribution in [0.1, 0.15) is 32.3 Å². The van der Waals surface area contributed by atoms with Crippen LogP contribution in [0.15, 0.2) is 18.2 Å². The minimum absolute atomic E-state index is 0.0500. The van der Waals surface area contributed by atoms with Crippen molar-refractivity contribution < 1.29 is 4.74 Å². The number of nitrogens with one attached hydrogen (secondary N) is 1. The van der Waals surface area contributed by atoms with E-state index >= 15 is 0 Å². The molecule has 1 saturated heterocycles. The minimum atomic E-state index is 0.0500. The lowest BCUT2D eigenvalue weighted by molar-refractivity contribution is -0.00910. The van der Waals surface area contributed by atoms with Gasteiger partial charge in [0.15, 0.2) is 0 Å². The number of nitrogens with zero attached hydrogens (tertiary/aromatic N) is 1. The Hall–Kier alpha value is -1.22. The number of ether oxygens (including phenoxy) is 1. The first-order valence-electron chi connectivity index (χ1n) is 7.07. The Morgan fingerprint density at radius 1 is 1.37 bits per heavy atom. The van der Waals surface area contributed by atoms with E-state index in [1.807, 2.05) is 0 Å². The van der Waals surface area contributed by atoms with Crippen LogP contribution >= 0.6 is 0 Å². The Morgan fingerprint density at radius 2 is 2.11 bits per heavy atom. The zero-order valence-corrected chi connectivity index (χ0v) is 12.8. The summed E-state index contributed by atoms with van der Waals surface area (Å²) in [7, 11) is 4.16. The highest BCUT2D eigenvalue weighted by Gasteiger charge is 2.31. The third kappa shape index (κ3) is 3.63. The van der Waals surface area contributed by atoms with Gasteiger partial charge in [-0.2, -0.15) is 0 Å². The van der Waals surface area contributed by atoms with E-state index < -0.39 is 0 Å². The van der Waals surface area contributed by atoms with Crippen LogP contribution in [-0.4, -0.2) is 32.3 Å². The van der Waals surface area contributed by atoms with E-state index in [1.165, 1.54) is 16.9 Å². The molecule has 1 aliphatic rings. The third-order valence-electron chi connectivity index (χ3n) is 3.78. The molecule has 0 aromatic heterocycles. The van der Waals surface area contributed by atoms with Crippen molar-refractivity contribution in [1.82, 2.24) is 0 Å². The fourth-order valence-corrected chi connectivity index (χ4v) is 2.65. The van der Waals surface area contributed by atoms with Crippen LogP contribution in [-0.2, 0) is 4.74 Å². The second-order valence-corrected chi connectivity index (χ2v) is 6.31. The molecule has 1 N–H and O–H groups in total. The van der Waals surface area contributed by atoms with Gasteiger partial charge in [-0.3, -0.25) is 0 Å². The lowest BCUT2D eigenvalue weighted by Gasteiger charge is -2.21. The molecule has 0 radical (unpaired) electrons. The molecule has 0 saturated carbocycles. The van der Waals surface area contributed by atoms with Crippen molar-refractivity contribution in [3.8, 4) is 0 Å². The normalized spacial score (nSPS) is 21.4. The molecule has 1 fully saturated rings. The van der Waals surface area contributed by atoms with Gasteiger partial charge in [0.2, 0.25) is 0 Å². The number of anilines is 2. The molecule has 1 aromatic rings. The van der Waals surface area contributed by atoms with Crippen LogP contribution in [0.3, 0.4) is 0 Å². The fraction of sp³-hybridized carbons (Fsp3) is 0.625. The molecule has 1 aliphatic heterocycles. The number of hydrogen-bond donors (Lipinski definition) is 1. The van der Waals surface area contributed by atoms with Gasteiger partial charge in [0, 0.05) is 32.0 Å². The molecule has 19 heavy (non-hydrogen) atoms. The Kier molecular flexibility index (Phi) is 4.04. The molecule has 0 aliphatic carbocycles. The van der Waals surface area contributed by atoms with Gasteiger partial charge in [-0.25, -0.2) is 0 Å². The molecule has 3 nitrogen and oxygen atoms in total. The average Bonchev–Trinajstić information content (AvgIpc) is 2.67. The van der Waals surface area contributed by atoms with Crippen LogP contribution in [0.4, 0.5) is 11.4 Å². The maximum atomic E-state index is 6.00. The minimum Gasteiger partial charge on any atom is -0.382 e. The highest BCUT2D eigenvalue weighted by Crippen LogP contribution is 2.30. The van der Waals surface area contributed by atoms with Gasteiger partial charge in [0.1, 0.15) is 0 Å². The number of benzene rings is 1. The summed E-state index contributed by atoms with van der Waals surface area (Å²) in [6.07, 6.45) is 2.63. The molecule has 1 unspecified atom stereocenters. The molecule has 0 bridgehead atoms. The first-order valence-corrected chi connectivity index (χ1v) is 7.07. The zero-order valence-electron chi connectivity index (χ0n) is 12.8. The van der Waals surface area contributed by atoms with Gasteiger partial charge in [0.25, 0.3) is 0 Å². The van der Waals surface area contributed by atoms with Gasteiger partial charge < -0.3 is 15.0 Å². The molecule has 1 atom stereocenters. The summed E-state index contributed by atoms with van der Waals surface area (Å²) in [5.41, 5.74) is 3.78. The van der Waals surface area contributed by atoms with E-state index in [0.717, 1.165) is 19.4 Å². The molecule has 1 aromatic carbocycles. The van der Waals surface area contributed by atoms with E-state index in [9.17, 15) is 0 Å². The van der Waals surface area contributed by atoms with Crippen LogP contribution in [0, 0.1) is 6.92 Å². The van der Waals surface area contributed by atoms with Gasteiger partial charge >= 0.3 is 0 Å². The summed E-state index contributed by atoms with van der Waals surface area (Å²) in [6, 6.07) is 6.51. The summed E-state index contributed by atoms with van der Waals surface area (Å²) >= 11 is 0. The van der Waals surface area contributed by atoms with Crippen molar-refractivity contribution in [3.63, 3.8) is 0 Å². The van der Waals surface area contributed by atoms with E-state index in [1.54, 1.807) is 0 Å². The highest BCUT2D eigenvalue weighted by molar-refractivity contribution is 5.61. The van der Waals surface area contributed by atoms with Crippen LogP contribution in [0.5, 0.6) is 0 Å². The van der Waals surface area contributed by atoms with Crippen molar-refractivity contribution >= 4 is 11.4 Å². The number of hydrogen-bond acceptors (Lipinski definition) is 3. The average molecular weight is 262 g/mol. The van der Waals surface area contributed by atoms with Crippen molar-refractivity contribution in [3.05, 3.63) is 23.8 Å². The predicted molar refractivity (Wildman–Crippen MR) is 82.2 cm³/mol. The SMILES string of the molecule is Cc1ccc(NCC2CCC(C)(C)O2)cc1N(C)C. The monoisotopic (exact) mass is 262 g/mol. The fourth-order valence-electron chi connectivity index (χ4n) is 2.65. The largest absolute Gasteiger partial charge is 0.382 e. The second kappa shape index (κ2) is 5.41. The van der Waals surface area contributed by atoms with E-state index in [0.29, 0.717) is 6.10 Å². The van der Waals surface area contributed by atoms with Gasteiger partial charge in [0.05, 0.1) is 11.7 Å². The van der Waals surface area contributed by atoms with Gasteiger partial charge in [-0.05, 0) is 51.3 Å². The van der Waals surface area contributed by atoms with E-state index in [4.69, 9.17) is 4.74 Å². The van der Waals surface area contributed by atoms with Crippen molar-refractivity contribution in [2.75, 3.05) is 30.9 Å². The predicted octanol–water partition coefficient (Wildman–Crippen LogP) is 3.43. The second-order valence-electron chi connectivity index (χ2n) is 6.31. The Balaban J connectivity index is 1.95. The summed E-state index contributed by atoms with van der Waals surface area (Å²) in [6.45, 7) is 7.37. The molecular weight excluding hydrogens is 236 g/mol. The highest BCUT2D eigenvalue weighted by atomic mass is 16.5. The van der Waals surface area contributed by atoms with Gasteiger partial charge in [-0.1, -0.05) is 6.07 Å². The Labute approximate surface area is 116 Å². The van der Waals surface area contributed by atoms with Crippen molar-refractivity contribution in [1.29, 1.82) is 0 Å². The van der Waals surface area contributed by atoms with E-state index in [2.05, 4.69) is 63.3 Å². The van der Waals surface area contributed by atoms with Gasteiger partial charge in [-0.15, -0.1) is 0 Å². The third-order valence-corrected chi connectivity index (χ3v) is 3.78. The molecule has 0 spiro atoms. The molecule has 3 heteroatoms. The molecule has 1 heterocycles. The number of rotatable bonds is 4. The zero-order chi connectivity index (χ0) is 14.0. The summed E-state index contributed by atoms with van der Waals surface area (Å²) in [5, 5.41) is 3.50. The maximum absolute atomic E-state index is 6.00. The van der Waals surface area contributed by atoms with Crippen LogP contribution < -0.4 is 10.2 Å². The lowest BCUT2D eigenvalue weighted by atomic mass is 10.1. The topological polar surface area (TPSA) is 24.5 Å². The van der Waals surface area contributed by atoms with Crippen LogP contribution in [0.2, 0.25) is 0 Å². The first kappa shape index (κ1) is 14.2. The first-order chi connectivity index (χ1) is 8.87. The Bertz CT molecular complexity index is 440. The smallest absolute Gasteiger partial charge is 0.0755 e. The summed E-state index contributed by atoms with van der Waals surface area (Å²) in [5.74, 6) is 0. The lowest BCUT2D eigenvalue weighted by Crippen LogP contribution is -2.24. The molecule has 2 rings (SSSR count). The molecule has 106 valence electrons. The summed E-state index contributed by atoms with van der Waals surface area (Å²) < 4.78 is 6.00.